The maximum atomic E-state index is 13.1. The fourth-order valence-corrected chi connectivity index (χ4v) is 6.70. The van der Waals surface area contributed by atoms with Gasteiger partial charge in [-0.05, 0) is 39.3 Å². The van der Waals surface area contributed by atoms with Crippen LogP contribution in [0, 0.1) is 13.8 Å². The SMILES string of the molecule is CCOP(=O)(OCC)N1CCN(c2cc(Nc3ncc(C(=O)Nc4c(C)cccc4Cl)s3)nc(C)n2)CC1.Cl. The first-order chi connectivity index (χ1) is 18.2. The Labute approximate surface area is 243 Å². The molecular weight excluding hydrogens is 584 g/mol. The normalized spacial score (nSPS) is 14.1. The second kappa shape index (κ2) is 13.8. The van der Waals surface area contributed by atoms with Gasteiger partial charge >= 0.3 is 7.75 Å². The molecule has 3 aromatic rings. The number of halogens is 2. The third-order valence-electron chi connectivity index (χ3n) is 5.76. The van der Waals surface area contributed by atoms with E-state index in [1.165, 1.54) is 17.5 Å². The number of benzene rings is 1. The van der Waals surface area contributed by atoms with Gasteiger partial charge in [0.15, 0.2) is 5.13 Å². The molecule has 0 spiro atoms. The van der Waals surface area contributed by atoms with Gasteiger partial charge in [0.2, 0.25) is 0 Å². The molecule has 39 heavy (non-hydrogen) atoms. The van der Waals surface area contributed by atoms with Gasteiger partial charge in [0.1, 0.15) is 22.3 Å². The summed E-state index contributed by atoms with van der Waals surface area (Å²) in [6.45, 7) is 10.2. The summed E-state index contributed by atoms with van der Waals surface area (Å²) in [4.78, 5) is 28.7. The number of thiazole rings is 1. The Morgan fingerprint density at radius 2 is 1.82 bits per heavy atom. The van der Waals surface area contributed by atoms with Gasteiger partial charge in [0.25, 0.3) is 5.91 Å². The van der Waals surface area contributed by atoms with Crippen LogP contribution in [0.2, 0.25) is 5.02 Å². The van der Waals surface area contributed by atoms with E-state index in [0.717, 1.165) is 11.4 Å². The molecule has 0 aliphatic carbocycles. The maximum Gasteiger partial charge on any atom is 0.408 e. The molecule has 0 unspecified atom stereocenters. The molecule has 1 fully saturated rings. The van der Waals surface area contributed by atoms with Gasteiger partial charge in [-0.3, -0.25) is 13.8 Å². The van der Waals surface area contributed by atoms with E-state index in [1.807, 2.05) is 32.0 Å². The minimum absolute atomic E-state index is 0. The average molecular weight is 617 g/mol. The van der Waals surface area contributed by atoms with Crippen molar-refractivity contribution in [1.82, 2.24) is 19.6 Å². The smallest absolute Gasteiger partial charge is 0.354 e. The number of aryl methyl sites for hydroxylation is 2. The molecule has 1 saturated heterocycles. The van der Waals surface area contributed by atoms with Crippen LogP contribution in [0.25, 0.3) is 0 Å². The number of aromatic nitrogens is 3. The lowest BCUT2D eigenvalue weighted by Gasteiger charge is -2.37. The number of rotatable bonds is 10. The van der Waals surface area contributed by atoms with Gasteiger partial charge in [0, 0.05) is 32.2 Å². The predicted octanol–water partition coefficient (Wildman–Crippen LogP) is 5.92. The lowest BCUT2D eigenvalue weighted by molar-refractivity contribution is 0.103. The maximum absolute atomic E-state index is 13.1. The molecule has 15 heteroatoms. The largest absolute Gasteiger partial charge is 0.408 e. The van der Waals surface area contributed by atoms with Crippen LogP contribution in [0.5, 0.6) is 0 Å². The molecule has 1 aliphatic heterocycles. The average Bonchev–Trinajstić information content (AvgIpc) is 3.35. The molecule has 0 bridgehead atoms. The highest BCUT2D eigenvalue weighted by atomic mass is 35.5. The molecule has 0 saturated carbocycles. The van der Waals surface area contributed by atoms with E-state index < -0.39 is 7.75 Å². The van der Waals surface area contributed by atoms with Gasteiger partial charge < -0.3 is 15.5 Å². The summed E-state index contributed by atoms with van der Waals surface area (Å²) >= 11 is 7.45. The number of piperazine rings is 1. The number of hydrogen-bond acceptors (Lipinski definition) is 10. The summed E-state index contributed by atoms with van der Waals surface area (Å²) in [5.41, 5.74) is 1.45. The molecule has 1 aliphatic rings. The van der Waals surface area contributed by atoms with E-state index in [2.05, 4.69) is 30.5 Å². The standard InChI is InChI=1S/C24H31ClN7O4PS.ClH/c1-5-35-37(34,36-6-2)32-12-10-31(11-13-32)21-14-20(27-17(4)28-21)29-24-26-15-19(38-24)23(33)30-22-16(3)8-7-9-18(22)25;/h7-9,14-15H,5-6,10-13H2,1-4H3,(H,30,33)(H,26,27,28,29);1H. The summed E-state index contributed by atoms with van der Waals surface area (Å²) in [6, 6.07) is 7.28. The quantitative estimate of drug-likeness (QED) is 0.265. The van der Waals surface area contributed by atoms with Crippen LogP contribution in [0.3, 0.4) is 0 Å². The van der Waals surface area contributed by atoms with Crippen molar-refractivity contribution in [2.45, 2.75) is 27.7 Å². The first kappa shape index (κ1) is 31.2. The Morgan fingerprint density at radius 3 is 2.46 bits per heavy atom. The van der Waals surface area contributed by atoms with Crippen molar-refractivity contribution < 1.29 is 18.4 Å². The fourth-order valence-electron chi connectivity index (χ4n) is 3.99. The highest BCUT2D eigenvalue weighted by Gasteiger charge is 2.35. The van der Waals surface area contributed by atoms with Crippen LogP contribution in [-0.2, 0) is 13.6 Å². The van der Waals surface area contributed by atoms with Crippen molar-refractivity contribution in [3.8, 4) is 0 Å². The predicted molar refractivity (Wildman–Crippen MR) is 158 cm³/mol. The van der Waals surface area contributed by atoms with E-state index in [1.54, 1.807) is 24.6 Å². The summed E-state index contributed by atoms with van der Waals surface area (Å²) in [6.07, 6.45) is 1.51. The van der Waals surface area contributed by atoms with E-state index in [0.29, 0.717) is 71.8 Å². The first-order valence-corrected chi connectivity index (χ1v) is 15.0. The third-order valence-corrected chi connectivity index (χ3v) is 9.25. The zero-order valence-electron chi connectivity index (χ0n) is 22.1. The number of nitrogens with zero attached hydrogens (tertiary/aromatic N) is 5. The van der Waals surface area contributed by atoms with Gasteiger partial charge in [-0.1, -0.05) is 35.1 Å². The van der Waals surface area contributed by atoms with Crippen molar-refractivity contribution in [2.24, 2.45) is 0 Å². The molecule has 0 radical (unpaired) electrons. The van der Waals surface area contributed by atoms with Crippen LogP contribution < -0.4 is 15.5 Å². The van der Waals surface area contributed by atoms with E-state index in [-0.39, 0.29) is 18.3 Å². The molecule has 11 nitrogen and oxygen atoms in total. The molecule has 1 aromatic carbocycles. The van der Waals surface area contributed by atoms with Crippen LogP contribution in [0.15, 0.2) is 30.5 Å². The molecule has 1 amide bonds. The summed E-state index contributed by atoms with van der Waals surface area (Å²) < 4.78 is 25.8. The fraction of sp³-hybridized carbons (Fsp3) is 0.417. The molecule has 4 rings (SSSR count). The highest BCUT2D eigenvalue weighted by Crippen LogP contribution is 2.52. The van der Waals surface area contributed by atoms with Crippen molar-refractivity contribution >= 4 is 71.5 Å². The molecule has 2 N–H and O–H groups in total. The number of carbonyl (C=O) groups is 1. The summed E-state index contributed by atoms with van der Waals surface area (Å²) in [5.74, 6) is 1.60. The van der Waals surface area contributed by atoms with E-state index in [4.69, 9.17) is 20.6 Å². The van der Waals surface area contributed by atoms with Crippen LogP contribution in [0.4, 0.5) is 22.5 Å². The van der Waals surface area contributed by atoms with Gasteiger partial charge in [-0.15, -0.1) is 12.4 Å². The third kappa shape index (κ3) is 7.67. The summed E-state index contributed by atoms with van der Waals surface area (Å²) in [7, 11) is -3.30. The number of para-hydroxylation sites is 1. The van der Waals surface area contributed by atoms with Crippen LogP contribution in [-0.4, -0.2) is 64.9 Å². The number of amides is 1. The van der Waals surface area contributed by atoms with Crippen LogP contribution >= 0.6 is 43.1 Å². The Balaban J connectivity index is 0.00000420. The topological polar surface area (TPSA) is 122 Å². The Morgan fingerprint density at radius 1 is 1.13 bits per heavy atom. The van der Waals surface area contributed by atoms with Crippen molar-refractivity contribution in [1.29, 1.82) is 0 Å². The minimum atomic E-state index is -3.30. The molecule has 2 aromatic heterocycles. The van der Waals surface area contributed by atoms with Crippen molar-refractivity contribution in [3.63, 3.8) is 0 Å². The molecular formula is C24H32Cl2N7O4PS. The lowest BCUT2D eigenvalue weighted by Crippen LogP contribution is -2.45. The molecule has 3 heterocycles. The zero-order valence-corrected chi connectivity index (χ0v) is 25.4. The van der Waals surface area contributed by atoms with Crippen molar-refractivity contribution in [3.05, 3.63) is 51.7 Å². The first-order valence-electron chi connectivity index (χ1n) is 12.3. The summed E-state index contributed by atoms with van der Waals surface area (Å²) in [5, 5.41) is 7.04. The molecule has 212 valence electrons. The van der Waals surface area contributed by atoms with Crippen molar-refractivity contribution in [2.75, 3.05) is 54.9 Å². The Bertz CT molecular complexity index is 1310. The lowest BCUT2D eigenvalue weighted by atomic mass is 10.2. The Kier molecular flexibility index (Phi) is 11.1. The second-order valence-corrected chi connectivity index (χ2v) is 11.9. The van der Waals surface area contributed by atoms with Gasteiger partial charge in [-0.25, -0.2) is 24.2 Å². The molecule has 0 atom stereocenters. The minimum Gasteiger partial charge on any atom is -0.354 e. The zero-order chi connectivity index (χ0) is 27.3. The number of anilines is 4. The van der Waals surface area contributed by atoms with E-state index in [9.17, 15) is 9.36 Å². The van der Waals surface area contributed by atoms with Crippen LogP contribution in [0.1, 0.15) is 34.9 Å². The van der Waals surface area contributed by atoms with Gasteiger partial charge in [-0.2, -0.15) is 0 Å². The number of nitrogens with one attached hydrogen (secondary N) is 2. The number of carbonyl (C=O) groups excluding carboxylic acids is 1. The van der Waals surface area contributed by atoms with Gasteiger partial charge in [0.05, 0.1) is 30.1 Å². The Hall–Kier alpha value is -2.31. The monoisotopic (exact) mass is 615 g/mol. The second-order valence-electron chi connectivity index (χ2n) is 8.44. The number of hydrogen-bond donors (Lipinski definition) is 2. The highest BCUT2D eigenvalue weighted by molar-refractivity contribution is 7.51. The van der Waals surface area contributed by atoms with E-state index >= 15 is 0 Å².